The van der Waals surface area contributed by atoms with E-state index in [-0.39, 0.29) is 10.8 Å². The average Bonchev–Trinajstić information content (AvgIpc) is 3.25. The summed E-state index contributed by atoms with van der Waals surface area (Å²) < 4.78 is 27.5. The standard InChI is InChI=1S/C24H26ClN3O3S2/c1-16-15-19-11-14-32-23(19)17(2)28(16)13-12-26-24(29)18-3-7-21(8-4-18)27-33(30,31)22-9-5-20(25)6-10-22/h3-11,14,16-17,27H,12-13,15H2,1-2H3,(H,26,29)/t16-,17+/m1/s1. The smallest absolute Gasteiger partial charge is 0.261 e. The van der Waals surface area contributed by atoms with E-state index in [9.17, 15) is 13.2 Å². The Kier molecular flexibility index (Phi) is 7.09. The summed E-state index contributed by atoms with van der Waals surface area (Å²) in [6.07, 6.45) is 1.03. The summed E-state index contributed by atoms with van der Waals surface area (Å²) in [4.78, 5) is 16.5. The van der Waals surface area contributed by atoms with Gasteiger partial charge in [0.2, 0.25) is 0 Å². The lowest BCUT2D eigenvalue weighted by molar-refractivity contribution is 0.0930. The van der Waals surface area contributed by atoms with Crippen LogP contribution in [0.5, 0.6) is 0 Å². The van der Waals surface area contributed by atoms with Crippen molar-refractivity contribution in [2.24, 2.45) is 0 Å². The molecule has 174 valence electrons. The molecule has 0 spiro atoms. The van der Waals surface area contributed by atoms with Crippen molar-refractivity contribution >= 4 is 44.6 Å². The molecule has 1 aromatic heterocycles. The van der Waals surface area contributed by atoms with E-state index in [4.69, 9.17) is 11.6 Å². The summed E-state index contributed by atoms with van der Waals surface area (Å²) in [6.45, 7) is 5.75. The van der Waals surface area contributed by atoms with Gasteiger partial charge in [0.1, 0.15) is 0 Å². The Hall–Kier alpha value is -2.39. The van der Waals surface area contributed by atoms with E-state index in [2.05, 4.69) is 40.2 Å². The second kappa shape index (κ2) is 9.85. The maximum atomic E-state index is 12.6. The first-order chi connectivity index (χ1) is 15.7. The normalized spacial score (nSPS) is 18.5. The highest BCUT2D eigenvalue weighted by molar-refractivity contribution is 7.92. The molecule has 4 rings (SSSR count). The summed E-state index contributed by atoms with van der Waals surface area (Å²) in [5.41, 5.74) is 2.29. The summed E-state index contributed by atoms with van der Waals surface area (Å²) in [5, 5.41) is 5.59. The quantitative estimate of drug-likeness (QED) is 0.478. The predicted octanol–water partition coefficient (Wildman–Crippen LogP) is 4.94. The molecule has 3 aromatic rings. The fraction of sp³-hybridized carbons (Fsp3) is 0.292. The lowest BCUT2D eigenvalue weighted by atomic mass is 9.97. The number of amides is 1. The highest BCUT2D eigenvalue weighted by Crippen LogP contribution is 2.35. The molecule has 0 unspecified atom stereocenters. The number of thiophene rings is 1. The molecular weight excluding hydrogens is 478 g/mol. The number of anilines is 1. The number of carbonyl (C=O) groups excluding carboxylic acids is 1. The number of sulfonamides is 1. The van der Waals surface area contributed by atoms with Crippen LogP contribution in [0.25, 0.3) is 0 Å². The number of hydrogen-bond donors (Lipinski definition) is 2. The van der Waals surface area contributed by atoms with E-state index < -0.39 is 10.0 Å². The molecule has 1 aliphatic rings. The van der Waals surface area contributed by atoms with Crippen LogP contribution in [0.2, 0.25) is 5.02 Å². The number of fused-ring (bicyclic) bond motifs is 1. The molecule has 1 aliphatic heterocycles. The van der Waals surface area contributed by atoms with Crippen LogP contribution in [-0.2, 0) is 16.4 Å². The van der Waals surface area contributed by atoms with E-state index in [0.29, 0.717) is 34.9 Å². The van der Waals surface area contributed by atoms with Crippen molar-refractivity contribution in [3.05, 3.63) is 81.0 Å². The zero-order valence-electron chi connectivity index (χ0n) is 18.4. The van der Waals surface area contributed by atoms with Gasteiger partial charge in [0.15, 0.2) is 0 Å². The zero-order valence-corrected chi connectivity index (χ0v) is 20.8. The van der Waals surface area contributed by atoms with Gasteiger partial charge in [0.05, 0.1) is 4.90 Å². The van der Waals surface area contributed by atoms with Gasteiger partial charge in [-0.25, -0.2) is 8.42 Å². The van der Waals surface area contributed by atoms with Gasteiger partial charge in [0.25, 0.3) is 15.9 Å². The summed E-state index contributed by atoms with van der Waals surface area (Å²) in [5.74, 6) is -0.184. The first-order valence-electron chi connectivity index (χ1n) is 10.7. The fourth-order valence-corrected chi connectivity index (χ4v) is 6.38. The van der Waals surface area contributed by atoms with E-state index in [1.165, 1.54) is 34.7 Å². The number of nitrogens with one attached hydrogen (secondary N) is 2. The van der Waals surface area contributed by atoms with Crippen molar-refractivity contribution in [3.8, 4) is 0 Å². The molecular formula is C24H26ClN3O3S2. The largest absolute Gasteiger partial charge is 0.351 e. The Morgan fingerprint density at radius 1 is 1.09 bits per heavy atom. The lowest BCUT2D eigenvalue weighted by Gasteiger charge is -2.38. The molecule has 0 aliphatic carbocycles. The first kappa shape index (κ1) is 23.8. The van der Waals surface area contributed by atoms with Crippen molar-refractivity contribution in [1.29, 1.82) is 0 Å². The van der Waals surface area contributed by atoms with E-state index >= 15 is 0 Å². The SMILES string of the molecule is C[C@@H]1Cc2ccsc2[C@H](C)N1CCNC(=O)c1ccc(NS(=O)(=O)c2ccc(Cl)cc2)cc1. The first-order valence-corrected chi connectivity index (χ1v) is 13.5. The van der Waals surface area contributed by atoms with Crippen LogP contribution in [-0.4, -0.2) is 38.4 Å². The number of halogens is 1. The van der Waals surface area contributed by atoms with Crippen LogP contribution >= 0.6 is 22.9 Å². The molecule has 2 atom stereocenters. The Bertz CT molecular complexity index is 1220. The van der Waals surface area contributed by atoms with Crippen LogP contribution in [0.4, 0.5) is 5.69 Å². The lowest BCUT2D eigenvalue weighted by Crippen LogP contribution is -2.44. The molecule has 1 amide bonds. The third-order valence-corrected chi connectivity index (χ3v) is 8.70. The topological polar surface area (TPSA) is 78.5 Å². The Morgan fingerprint density at radius 3 is 2.48 bits per heavy atom. The van der Waals surface area contributed by atoms with Crippen LogP contribution in [0.3, 0.4) is 0 Å². The van der Waals surface area contributed by atoms with Crippen molar-refractivity contribution in [2.75, 3.05) is 17.8 Å². The highest BCUT2D eigenvalue weighted by Gasteiger charge is 2.29. The third kappa shape index (κ3) is 5.41. The van der Waals surface area contributed by atoms with Gasteiger partial charge in [-0.2, -0.15) is 0 Å². The number of benzene rings is 2. The molecule has 0 saturated heterocycles. The molecule has 0 fully saturated rings. The zero-order chi connectivity index (χ0) is 23.6. The van der Waals surface area contributed by atoms with Gasteiger partial charge in [0, 0.05) is 46.3 Å². The van der Waals surface area contributed by atoms with Crippen molar-refractivity contribution < 1.29 is 13.2 Å². The van der Waals surface area contributed by atoms with Gasteiger partial charge in [-0.3, -0.25) is 14.4 Å². The number of carbonyl (C=O) groups is 1. The summed E-state index contributed by atoms with van der Waals surface area (Å²) in [6, 6.07) is 15.3. The molecule has 33 heavy (non-hydrogen) atoms. The Labute approximate surface area is 203 Å². The maximum absolute atomic E-state index is 12.6. The third-order valence-electron chi connectivity index (χ3n) is 5.92. The number of hydrogen-bond acceptors (Lipinski definition) is 5. The summed E-state index contributed by atoms with van der Waals surface area (Å²) >= 11 is 7.62. The summed E-state index contributed by atoms with van der Waals surface area (Å²) in [7, 11) is -3.73. The molecule has 2 N–H and O–H groups in total. The second-order valence-electron chi connectivity index (χ2n) is 8.17. The Morgan fingerprint density at radius 2 is 1.79 bits per heavy atom. The maximum Gasteiger partial charge on any atom is 0.261 e. The van der Waals surface area contributed by atoms with E-state index in [0.717, 1.165) is 13.0 Å². The Balaban J connectivity index is 1.32. The van der Waals surface area contributed by atoms with Crippen LogP contribution in [0.15, 0.2) is 64.9 Å². The van der Waals surface area contributed by atoms with Crippen LogP contribution < -0.4 is 10.0 Å². The molecule has 0 saturated carbocycles. The molecule has 2 aromatic carbocycles. The van der Waals surface area contributed by atoms with Gasteiger partial charge >= 0.3 is 0 Å². The van der Waals surface area contributed by atoms with Gasteiger partial charge in [-0.1, -0.05) is 11.6 Å². The van der Waals surface area contributed by atoms with E-state index in [1.54, 1.807) is 35.6 Å². The second-order valence-corrected chi connectivity index (χ2v) is 11.2. The fourth-order valence-electron chi connectivity index (χ4n) is 4.18. The molecule has 0 radical (unpaired) electrons. The van der Waals surface area contributed by atoms with Crippen molar-refractivity contribution in [3.63, 3.8) is 0 Å². The molecule has 6 nitrogen and oxygen atoms in total. The minimum atomic E-state index is -3.73. The molecule has 9 heteroatoms. The van der Waals surface area contributed by atoms with Gasteiger partial charge in [-0.05, 0) is 85.8 Å². The van der Waals surface area contributed by atoms with Gasteiger partial charge in [-0.15, -0.1) is 11.3 Å². The number of rotatable bonds is 7. The highest BCUT2D eigenvalue weighted by atomic mass is 35.5. The van der Waals surface area contributed by atoms with Gasteiger partial charge < -0.3 is 5.32 Å². The van der Waals surface area contributed by atoms with Crippen LogP contribution in [0.1, 0.15) is 40.7 Å². The predicted molar refractivity (Wildman–Crippen MR) is 134 cm³/mol. The van der Waals surface area contributed by atoms with E-state index in [1.807, 2.05) is 0 Å². The average molecular weight is 504 g/mol. The molecule has 0 bridgehead atoms. The minimum absolute atomic E-state index is 0.115. The van der Waals surface area contributed by atoms with Crippen LogP contribution in [0, 0.1) is 0 Å². The minimum Gasteiger partial charge on any atom is -0.351 e. The van der Waals surface area contributed by atoms with Crippen molar-refractivity contribution in [1.82, 2.24) is 10.2 Å². The monoisotopic (exact) mass is 503 g/mol. The number of nitrogens with zero attached hydrogens (tertiary/aromatic N) is 1. The molecule has 2 heterocycles. The van der Waals surface area contributed by atoms with Crippen molar-refractivity contribution in [2.45, 2.75) is 37.2 Å².